The fraction of sp³-hybridized carbons (Fsp3) is 1.00. The molecule has 0 aliphatic rings. The standard InChI is InChI=1S/C25H52/c1-4-6-7-8-9-10-11-12-13-14-15-16-17-18-19-20-21-22-23-24-25(3)5-2/h25H,4-24H2,1-3H3/t25-/m0/s1. The highest BCUT2D eigenvalue weighted by Gasteiger charge is 1.98. The van der Waals surface area contributed by atoms with Crippen LogP contribution in [0.15, 0.2) is 0 Å². The van der Waals surface area contributed by atoms with Crippen LogP contribution in [0.4, 0.5) is 0 Å². The molecule has 0 amide bonds. The molecule has 0 heterocycles. The van der Waals surface area contributed by atoms with Gasteiger partial charge in [-0.3, -0.25) is 0 Å². The van der Waals surface area contributed by atoms with Gasteiger partial charge in [0.15, 0.2) is 0 Å². The molecule has 0 rings (SSSR count). The van der Waals surface area contributed by atoms with Gasteiger partial charge in [-0.05, 0) is 5.92 Å². The van der Waals surface area contributed by atoms with E-state index in [0.29, 0.717) is 0 Å². The highest BCUT2D eigenvalue weighted by molar-refractivity contribution is 4.53. The van der Waals surface area contributed by atoms with Crippen LogP contribution in [0.3, 0.4) is 0 Å². The van der Waals surface area contributed by atoms with Crippen molar-refractivity contribution in [2.45, 2.75) is 156 Å². The van der Waals surface area contributed by atoms with Crippen molar-refractivity contribution in [2.24, 2.45) is 5.92 Å². The van der Waals surface area contributed by atoms with Crippen molar-refractivity contribution >= 4 is 0 Å². The lowest BCUT2D eigenvalue weighted by molar-refractivity contribution is 0.468. The summed E-state index contributed by atoms with van der Waals surface area (Å²) in [4.78, 5) is 0. The molecule has 0 aromatic heterocycles. The lowest BCUT2D eigenvalue weighted by atomic mass is 9.99. The summed E-state index contributed by atoms with van der Waals surface area (Å²) in [6.45, 7) is 7.02. The number of unbranched alkanes of at least 4 members (excludes halogenated alkanes) is 18. The van der Waals surface area contributed by atoms with Crippen molar-refractivity contribution < 1.29 is 0 Å². The zero-order valence-corrected chi connectivity index (χ0v) is 18.4. The van der Waals surface area contributed by atoms with E-state index in [-0.39, 0.29) is 0 Å². The summed E-state index contributed by atoms with van der Waals surface area (Å²) in [5, 5.41) is 0. The molecule has 0 aromatic carbocycles. The summed E-state index contributed by atoms with van der Waals surface area (Å²) in [7, 11) is 0. The lowest BCUT2D eigenvalue weighted by Gasteiger charge is -2.07. The van der Waals surface area contributed by atoms with Gasteiger partial charge in [-0.25, -0.2) is 0 Å². The fourth-order valence-corrected chi connectivity index (χ4v) is 3.78. The van der Waals surface area contributed by atoms with Gasteiger partial charge >= 0.3 is 0 Å². The minimum absolute atomic E-state index is 0.950. The van der Waals surface area contributed by atoms with Gasteiger partial charge in [0.1, 0.15) is 0 Å². The van der Waals surface area contributed by atoms with Gasteiger partial charge < -0.3 is 0 Å². The van der Waals surface area contributed by atoms with Crippen LogP contribution in [-0.4, -0.2) is 0 Å². The molecule has 0 aromatic rings. The van der Waals surface area contributed by atoms with Gasteiger partial charge in [0, 0.05) is 0 Å². The van der Waals surface area contributed by atoms with Gasteiger partial charge in [0.05, 0.1) is 0 Å². The van der Waals surface area contributed by atoms with E-state index in [1.807, 2.05) is 0 Å². The molecule has 0 N–H and O–H groups in total. The van der Waals surface area contributed by atoms with Crippen LogP contribution in [0.2, 0.25) is 0 Å². The Bertz CT molecular complexity index is 220. The maximum atomic E-state index is 2.40. The zero-order chi connectivity index (χ0) is 18.4. The fourth-order valence-electron chi connectivity index (χ4n) is 3.78. The molecular weight excluding hydrogens is 300 g/mol. The molecule has 0 radical (unpaired) electrons. The molecule has 152 valence electrons. The maximum Gasteiger partial charge on any atom is -0.0445 e. The monoisotopic (exact) mass is 352 g/mol. The third-order valence-corrected chi connectivity index (χ3v) is 6.00. The Labute approximate surface area is 161 Å². The maximum absolute atomic E-state index is 2.40. The van der Waals surface area contributed by atoms with E-state index < -0.39 is 0 Å². The first-order valence-electron chi connectivity index (χ1n) is 12.3. The Hall–Kier alpha value is 0. The second-order valence-corrected chi connectivity index (χ2v) is 8.67. The molecular formula is C25H52. The summed E-state index contributed by atoms with van der Waals surface area (Å²) in [5.41, 5.74) is 0. The molecule has 1 atom stereocenters. The van der Waals surface area contributed by atoms with Crippen LogP contribution in [0, 0.1) is 5.92 Å². The highest BCUT2D eigenvalue weighted by Crippen LogP contribution is 2.16. The minimum atomic E-state index is 0.950. The van der Waals surface area contributed by atoms with Crippen molar-refractivity contribution in [1.29, 1.82) is 0 Å². The first-order chi connectivity index (χ1) is 12.3. The highest BCUT2D eigenvalue weighted by atomic mass is 14.0. The molecule has 0 saturated heterocycles. The molecule has 0 spiro atoms. The van der Waals surface area contributed by atoms with Gasteiger partial charge in [0.2, 0.25) is 0 Å². The predicted octanol–water partition coefficient (Wildman–Crippen LogP) is 9.85. The van der Waals surface area contributed by atoms with Crippen LogP contribution < -0.4 is 0 Å². The van der Waals surface area contributed by atoms with E-state index in [1.165, 1.54) is 135 Å². The lowest BCUT2D eigenvalue weighted by Crippen LogP contribution is -1.91. The molecule has 25 heavy (non-hydrogen) atoms. The Morgan fingerprint density at radius 1 is 0.400 bits per heavy atom. The molecule has 0 unspecified atom stereocenters. The summed E-state index contributed by atoms with van der Waals surface area (Å²) in [5.74, 6) is 0.950. The first kappa shape index (κ1) is 25.0. The average molecular weight is 353 g/mol. The Kier molecular flexibility index (Phi) is 22.0. The summed E-state index contributed by atoms with van der Waals surface area (Å²) < 4.78 is 0. The largest absolute Gasteiger partial charge is 0.0654 e. The summed E-state index contributed by atoms with van der Waals surface area (Å²) >= 11 is 0. The van der Waals surface area contributed by atoms with Crippen LogP contribution in [0.5, 0.6) is 0 Å². The molecule has 0 saturated carbocycles. The Morgan fingerprint density at radius 2 is 0.680 bits per heavy atom. The first-order valence-corrected chi connectivity index (χ1v) is 12.3. The Morgan fingerprint density at radius 3 is 0.960 bits per heavy atom. The molecule has 0 aliphatic carbocycles. The van der Waals surface area contributed by atoms with E-state index in [1.54, 1.807) is 0 Å². The second kappa shape index (κ2) is 22.0. The van der Waals surface area contributed by atoms with Crippen LogP contribution in [0.1, 0.15) is 156 Å². The third-order valence-electron chi connectivity index (χ3n) is 6.00. The van der Waals surface area contributed by atoms with E-state index in [4.69, 9.17) is 0 Å². The van der Waals surface area contributed by atoms with Crippen molar-refractivity contribution in [3.05, 3.63) is 0 Å². The van der Waals surface area contributed by atoms with Crippen molar-refractivity contribution in [3.8, 4) is 0 Å². The van der Waals surface area contributed by atoms with Crippen LogP contribution in [0.25, 0.3) is 0 Å². The zero-order valence-electron chi connectivity index (χ0n) is 18.4. The molecule has 0 fully saturated rings. The second-order valence-electron chi connectivity index (χ2n) is 8.67. The quantitative estimate of drug-likeness (QED) is 0.180. The number of rotatable bonds is 21. The topological polar surface area (TPSA) is 0 Å². The molecule has 0 aliphatic heterocycles. The van der Waals surface area contributed by atoms with E-state index in [2.05, 4.69) is 20.8 Å². The number of hydrogen-bond acceptors (Lipinski definition) is 0. The van der Waals surface area contributed by atoms with Gasteiger partial charge in [0.25, 0.3) is 0 Å². The number of hydrogen-bond donors (Lipinski definition) is 0. The SMILES string of the molecule is CCCCCCCCCCCCCCCCCCCCC[C@@H](C)CC. The molecule has 0 nitrogen and oxygen atoms in total. The molecule has 0 heteroatoms. The minimum Gasteiger partial charge on any atom is -0.0654 e. The van der Waals surface area contributed by atoms with Crippen molar-refractivity contribution in [2.75, 3.05) is 0 Å². The van der Waals surface area contributed by atoms with Gasteiger partial charge in [-0.2, -0.15) is 0 Å². The van der Waals surface area contributed by atoms with E-state index >= 15 is 0 Å². The normalized spacial score (nSPS) is 12.6. The average Bonchev–Trinajstić information content (AvgIpc) is 2.63. The smallest absolute Gasteiger partial charge is 0.0445 e. The Balaban J connectivity index is 2.98. The van der Waals surface area contributed by atoms with E-state index in [9.17, 15) is 0 Å². The van der Waals surface area contributed by atoms with Crippen molar-refractivity contribution in [3.63, 3.8) is 0 Å². The molecule has 0 bridgehead atoms. The van der Waals surface area contributed by atoms with Crippen molar-refractivity contribution in [1.82, 2.24) is 0 Å². The van der Waals surface area contributed by atoms with E-state index in [0.717, 1.165) is 5.92 Å². The summed E-state index contributed by atoms with van der Waals surface area (Å²) in [6, 6.07) is 0. The van der Waals surface area contributed by atoms with Crippen LogP contribution >= 0.6 is 0 Å². The van der Waals surface area contributed by atoms with Gasteiger partial charge in [-0.1, -0.05) is 156 Å². The third kappa shape index (κ3) is 22.0. The predicted molar refractivity (Wildman–Crippen MR) is 117 cm³/mol. The van der Waals surface area contributed by atoms with Gasteiger partial charge in [-0.15, -0.1) is 0 Å². The summed E-state index contributed by atoms with van der Waals surface area (Å²) in [6.07, 6.45) is 30.9. The van der Waals surface area contributed by atoms with Crippen LogP contribution in [-0.2, 0) is 0 Å².